The molecule has 0 radical (unpaired) electrons. The Hall–Kier alpha value is -1.26. The predicted molar refractivity (Wildman–Crippen MR) is 104 cm³/mol. The van der Waals surface area contributed by atoms with Crippen LogP contribution in [0.1, 0.15) is 34.6 Å². The minimum atomic E-state index is -8.93. The van der Waals surface area contributed by atoms with E-state index in [1.807, 2.05) is 0 Å². The van der Waals surface area contributed by atoms with Crippen molar-refractivity contribution in [3.05, 3.63) is 0 Å². The van der Waals surface area contributed by atoms with Crippen molar-refractivity contribution in [3.63, 3.8) is 0 Å². The van der Waals surface area contributed by atoms with Gasteiger partial charge in [-0.15, -0.1) is 10.3 Å². The highest BCUT2D eigenvalue weighted by Gasteiger charge is 2.96. The fourth-order valence-corrected chi connectivity index (χ4v) is 8.85. The van der Waals surface area contributed by atoms with Gasteiger partial charge in [-0.25, -0.2) is 3.63 Å². The van der Waals surface area contributed by atoms with Gasteiger partial charge in [-0.1, -0.05) is 27.7 Å². The summed E-state index contributed by atoms with van der Waals surface area (Å²) in [6.07, 6.45) is -7.91. The third-order valence-corrected chi connectivity index (χ3v) is 11.9. The second kappa shape index (κ2) is 10.5. The Bertz CT molecular complexity index is 1040. The smallest absolute Gasteiger partial charge is 0.299 e. The molecule has 23 heteroatoms. The van der Waals surface area contributed by atoms with Crippen LogP contribution in [0.2, 0.25) is 0 Å². The first kappa shape index (κ1) is 38.7. The number of rotatable bonds is 13. The van der Waals surface area contributed by atoms with Crippen molar-refractivity contribution >= 4 is 26.2 Å². The van der Waals surface area contributed by atoms with Gasteiger partial charge < -0.3 is 0 Å². The molecule has 0 spiro atoms. The van der Waals surface area contributed by atoms with Crippen molar-refractivity contribution in [2.75, 3.05) is 5.75 Å². The molecule has 0 aliphatic heterocycles. The molecule has 0 fully saturated rings. The highest BCUT2D eigenvalue weighted by Crippen LogP contribution is 2.66. The van der Waals surface area contributed by atoms with E-state index in [-0.39, 0.29) is 0 Å². The molecular formula is C17H19F17O4S2. The van der Waals surface area contributed by atoms with Gasteiger partial charge in [-0.3, -0.25) is 4.79 Å². The first-order valence-electron chi connectivity index (χ1n) is 9.96. The van der Waals surface area contributed by atoms with Gasteiger partial charge >= 0.3 is 57.1 Å². The maximum Gasteiger partial charge on any atom is 0.460 e. The van der Waals surface area contributed by atoms with Crippen LogP contribution in [0.3, 0.4) is 0 Å². The minimum Gasteiger partial charge on any atom is -0.299 e. The Kier molecular flexibility index (Phi) is 10.1. The Morgan fingerprint density at radius 2 is 0.850 bits per heavy atom. The van der Waals surface area contributed by atoms with E-state index in [0.29, 0.717) is 6.92 Å². The first-order chi connectivity index (χ1) is 17.0. The molecule has 242 valence electrons. The highest BCUT2D eigenvalue weighted by molar-refractivity contribution is 8.34. The lowest BCUT2D eigenvalue weighted by Crippen LogP contribution is -2.75. The summed E-state index contributed by atoms with van der Waals surface area (Å²) in [5, 5.41) is -10.6. The van der Waals surface area contributed by atoms with Gasteiger partial charge in [0.1, 0.15) is 5.78 Å². The number of hydrogen-bond acceptors (Lipinski definition) is 4. The van der Waals surface area contributed by atoms with E-state index in [2.05, 4.69) is 3.63 Å². The van der Waals surface area contributed by atoms with E-state index in [9.17, 15) is 87.8 Å². The average molecular weight is 674 g/mol. The van der Waals surface area contributed by atoms with E-state index >= 15 is 0 Å². The topological polar surface area (TPSA) is 60.4 Å². The number of carbonyl (C=O) groups excluding carboxylic acids is 1. The van der Waals surface area contributed by atoms with Gasteiger partial charge in [0.2, 0.25) is 0 Å². The van der Waals surface area contributed by atoms with Crippen molar-refractivity contribution in [2.45, 2.75) is 92.1 Å². The second-order valence-electron chi connectivity index (χ2n) is 8.71. The number of Topliss-reactive ketones (excluding diaryl/α,β-unsaturated/α-hetero) is 1. The lowest BCUT2D eigenvalue weighted by molar-refractivity contribution is -0.458. The van der Waals surface area contributed by atoms with Crippen LogP contribution >= 0.6 is 10.3 Å². The molecular weight excluding hydrogens is 655 g/mol. The molecule has 0 aromatic rings. The summed E-state index contributed by atoms with van der Waals surface area (Å²) in [6, 6.07) is 0. The zero-order valence-electron chi connectivity index (χ0n) is 20.2. The molecule has 0 saturated carbocycles. The summed E-state index contributed by atoms with van der Waals surface area (Å²) >= 11 is 0. The Morgan fingerprint density at radius 1 is 0.575 bits per heavy atom. The third kappa shape index (κ3) is 5.34. The van der Waals surface area contributed by atoms with Gasteiger partial charge in [-0.2, -0.15) is 83.1 Å². The SMILES string of the molecule is CC(=O)CS(OS(=O)(=O)C(F)(F)C(F)(F)C(F)(F)C(F)(F)C(F)(F)C(F)(F)C(F)(F)C(F)(F)F)(C(C)C)C(C)C. The molecule has 0 saturated heterocycles. The molecule has 0 aromatic heterocycles. The molecule has 4 nitrogen and oxygen atoms in total. The van der Waals surface area contributed by atoms with Crippen molar-refractivity contribution in [3.8, 4) is 0 Å². The monoisotopic (exact) mass is 674 g/mol. The number of alkyl halides is 17. The normalized spacial score (nSPS) is 16.6. The zero-order valence-corrected chi connectivity index (χ0v) is 21.9. The molecule has 40 heavy (non-hydrogen) atoms. The van der Waals surface area contributed by atoms with E-state index in [0.717, 1.165) is 27.7 Å². The van der Waals surface area contributed by atoms with E-state index in [4.69, 9.17) is 0 Å². The molecule has 0 aliphatic rings. The minimum absolute atomic E-state index is 0.683. The quantitative estimate of drug-likeness (QED) is 0.191. The van der Waals surface area contributed by atoms with Crippen LogP contribution in [0.4, 0.5) is 74.6 Å². The van der Waals surface area contributed by atoms with E-state index in [1.54, 1.807) is 0 Å². The van der Waals surface area contributed by atoms with Gasteiger partial charge in [-0.05, 0) is 6.92 Å². The van der Waals surface area contributed by atoms with Crippen LogP contribution in [0.15, 0.2) is 0 Å². The maximum atomic E-state index is 14.4. The first-order valence-corrected chi connectivity index (χ1v) is 13.2. The van der Waals surface area contributed by atoms with Crippen molar-refractivity contribution in [2.24, 2.45) is 0 Å². The molecule has 0 rings (SSSR count). The number of carbonyl (C=O) groups is 1. The van der Waals surface area contributed by atoms with Crippen molar-refractivity contribution < 1.29 is 91.5 Å². The largest absolute Gasteiger partial charge is 0.460 e. The summed E-state index contributed by atoms with van der Waals surface area (Å²) in [5.74, 6) is -54.4. The van der Waals surface area contributed by atoms with Gasteiger partial charge in [0, 0.05) is 10.5 Å². The summed E-state index contributed by atoms with van der Waals surface area (Å²) in [4.78, 5) is 11.5. The van der Waals surface area contributed by atoms with Crippen LogP contribution in [0, 0.1) is 0 Å². The lowest BCUT2D eigenvalue weighted by Gasteiger charge is -2.46. The van der Waals surface area contributed by atoms with Crippen LogP contribution in [0.5, 0.6) is 0 Å². The number of halogens is 17. The predicted octanol–water partition coefficient (Wildman–Crippen LogP) is 7.43. The number of hydrogen-bond donors (Lipinski definition) is 0. The van der Waals surface area contributed by atoms with Gasteiger partial charge in [0.25, 0.3) is 0 Å². The van der Waals surface area contributed by atoms with Crippen molar-refractivity contribution in [1.82, 2.24) is 0 Å². The summed E-state index contributed by atoms with van der Waals surface area (Å²) in [5.41, 5.74) is 0. The molecule has 0 unspecified atom stereocenters. The van der Waals surface area contributed by atoms with Crippen molar-refractivity contribution in [1.29, 1.82) is 0 Å². The van der Waals surface area contributed by atoms with Gasteiger partial charge in [0.05, 0.1) is 5.75 Å². The highest BCUT2D eigenvalue weighted by atomic mass is 32.3. The van der Waals surface area contributed by atoms with Crippen LogP contribution in [-0.4, -0.2) is 77.4 Å². The molecule has 0 N–H and O–H groups in total. The molecule has 0 aromatic carbocycles. The standard InChI is InChI=1S/C17H19F17O4S2/c1-7(2)39(8(3)4,6-9(5)35)38-40(36,37)17(33,34)15(28,29)13(24,25)11(20,21)10(18,19)12(22,23)14(26,27)16(30,31)32/h7-8H,6H2,1-5H3. The van der Waals surface area contributed by atoms with Crippen LogP contribution in [0.25, 0.3) is 0 Å². The van der Waals surface area contributed by atoms with Crippen LogP contribution < -0.4 is 0 Å². The molecule has 0 heterocycles. The molecule has 0 bridgehead atoms. The zero-order chi connectivity index (χ0) is 33.1. The average Bonchev–Trinajstić information content (AvgIpc) is 2.70. The van der Waals surface area contributed by atoms with E-state index < -0.39 is 89.4 Å². The van der Waals surface area contributed by atoms with Crippen LogP contribution in [-0.2, 0) is 18.5 Å². The maximum absolute atomic E-state index is 14.4. The molecule has 0 amide bonds. The fourth-order valence-electron chi connectivity index (χ4n) is 2.89. The summed E-state index contributed by atoms with van der Waals surface area (Å²) in [7, 11) is -11.7. The Balaban J connectivity index is 7.22. The molecule has 0 atom stereocenters. The number of ketones is 1. The van der Waals surface area contributed by atoms with E-state index in [1.165, 1.54) is 0 Å². The Labute approximate surface area is 216 Å². The summed E-state index contributed by atoms with van der Waals surface area (Å²) in [6.45, 7) is 4.45. The Morgan fingerprint density at radius 3 is 1.10 bits per heavy atom. The fraction of sp³-hybridized carbons (Fsp3) is 0.941. The second-order valence-corrected chi connectivity index (χ2v) is 14.4. The molecule has 0 aliphatic carbocycles. The summed E-state index contributed by atoms with van der Waals surface area (Å²) < 4.78 is 257. The third-order valence-electron chi connectivity index (χ3n) is 5.25. The lowest BCUT2D eigenvalue weighted by atomic mass is 9.91. The van der Waals surface area contributed by atoms with Gasteiger partial charge in [0.15, 0.2) is 0 Å².